The molecule has 8 heteroatoms. The Bertz CT molecular complexity index is 1240. The Morgan fingerprint density at radius 1 is 1.00 bits per heavy atom. The Hall–Kier alpha value is -2.48. The summed E-state index contributed by atoms with van der Waals surface area (Å²) in [5.74, 6) is 1.64. The molecule has 36 heavy (non-hydrogen) atoms. The third-order valence-corrected chi connectivity index (χ3v) is 9.00. The lowest BCUT2D eigenvalue weighted by Gasteiger charge is -2.24. The number of anilines is 1. The third-order valence-electron chi connectivity index (χ3n) is 5.75. The normalized spacial score (nSPS) is 11.5. The van der Waals surface area contributed by atoms with Crippen molar-refractivity contribution in [2.75, 3.05) is 23.1 Å². The van der Waals surface area contributed by atoms with E-state index < -0.39 is 10.0 Å². The van der Waals surface area contributed by atoms with Crippen molar-refractivity contribution in [3.8, 4) is 0 Å². The van der Waals surface area contributed by atoms with Gasteiger partial charge in [-0.3, -0.25) is 9.10 Å². The number of benzene rings is 3. The van der Waals surface area contributed by atoms with Gasteiger partial charge in [-0.2, -0.15) is 11.8 Å². The number of nitrogens with one attached hydrogen (secondary N) is 1. The molecule has 0 aromatic heterocycles. The second-order valence-electron chi connectivity index (χ2n) is 8.92. The van der Waals surface area contributed by atoms with Crippen LogP contribution in [0.1, 0.15) is 42.9 Å². The highest BCUT2D eigenvalue weighted by Gasteiger charge is 2.27. The molecule has 0 aliphatic heterocycles. The molecular weight excluding hydrogens is 512 g/mol. The second-order valence-corrected chi connectivity index (χ2v) is 12.3. The maximum Gasteiger partial charge on any atom is 0.264 e. The van der Waals surface area contributed by atoms with Gasteiger partial charge >= 0.3 is 0 Å². The summed E-state index contributed by atoms with van der Waals surface area (Å²) in [5, 5.41) is 3.63. The average molecular weight is 545 g/mol. The van der Waals surface area contributed by atoms with Gasteiger partial charge in [-0.25, -0.2) is 8.42 Å². The number of aryl methyl sites for hydroxylation is 1. The summed E-state index contributed by atoms with van der Waals surface area (Å²) in [5.41, 5.74) is 3.62. The third kappa shape index (κ3) is 7.76. The molecule has 3 rings (SSSR count). The van der Waals surface area contributed by atoms with Crippen molar-refractivity contribution in [1.82, 2.24) is 5.32 Å². The number of sulfonamides is 1. The predicted molar refractivity (Wildman–Crippen MR) is 151 cm³/mol. The van der Waals surface area contributed by atoms with Crippen LogP contribution in [0.15, 0.2) is 77.7 Å². The van der Waals surface area contributed by atoms with Crippen LogP contribution in [-0.4, -0.2) is 33.2 Å². The minimum absolute atomic E-state index is 0.157. The first kappa shape index (κ1) is 28.1. The fourth-order valence-corrected chi connectivity index (χ4v) is 6.23. The van der Waals surface area contributed by atoms with Gasteiger partial charge in [0.15, 0.2) is 0 Å². The highest BCUT2D eigenvalue weighted by molar-refractivity contribution is 7.98. The van der Waals surface area contributed by atoms with Crippen molar-refractivity contribution in [2.45, 2.75) is 43.8 Å². The molecule has 0 radical (unpaired) electrons. The van der Waals surface area contributed by atoms with E-state index in [0.717, 1.165) is 39.6 Å². The maximum atomic E-state index is 13.5. The molecule has 0 bridgehead atoms. The van der Waals surface area contributed by atoms with Gasteiger partial charge in [-0.1, -0.05) is 73.5 Å². The van der Waals surface area contributed by atoms with Crippen LogP contribution >= 0.6 is 23.4 Å². The first-order chi connectivity index (χ1) is 17.2. The minimum Gasteiger partial charge on any atom is -0.354 e. The Labute approximate surface area is 224 Å². The first-order valence-electron chi connectivity index (χ1n) is 12.0. The molecule has 1 N–H and O–H groups in total. The standard InChI is InChI=1S/C28H33ClN2O3S2/c1-21(2)23-11-13-25(14-12-23)31(36(33,34)26-15-9-22(3)10-16-26)19-28(32)30-17-6-18-35-20-24-7-4-5-8-27(24)29/h4-5,7-16,21H,6,17-20H2,1-3H3,(H,30,32). The van der Waals surface area contributed by atoms with Crippen LogP contribution in [-0.2, 0) is 20.6 Å². The fraction of sp³-hybridized carbons (Fsp3) is 0.321. The molecule has 0 aliphatic rings. The van der Waals surface area contributed by atoms with E-state index in [4.69, 9.17) is 11.6 Å². The van der Waals surface area contributed by atoms with Crippen LogP contribution in [0.2, 0.25) is 5.02 Å². The quantitative estimate of drug-likeness (QED) is 0.268. The smallest absolute Gasteiger partial charge is 0.264 e. The number of thioether (sulfide) groups is 1. The zero-order valence-corrected chi connectivity index (χ0v) is 23.3. The van der Waals surface area contributed by atoms with Crippen molar-refractivity contribution in [2.24, 2.45) is 0 Å². The van der Waals surface area contributed by atoms with Crippen molar-refractivity contribution >= 4 is 45.0 Å². The van der Waals surface area contributed by atoms with Crippen LogP contribution in [0, 0.1) is 6.92 Å². The molecule has 192 valence electrons. The van der Waals surface area contributed by atoms with E-state index in [9.17, 15) is 13.2 Å². The van der Waals surface area contributed by atoms with E-state index in [-0.39, 0.29) is 17.3 Å². The number of hydrogen-bond donors (Lipinski definition) is 1. The summed E-state index contributed by atoms with van der Waals surface area (Å²) in [4.78, 5) is 12.9. The van der Waals surface area contributed by atoms with E-state index in [1.54, 1.807) is 48.2 Å². The lowest BCUT2D eigenvalue weighted by molar-refractivity contribution is -0.119. The van der Waals surface area contributed by atoms with Gasteiger partial charge in [-0.15, -0.1) is 0 Å². The van der Waals surface area contributed by atoms with Crippen molar-refractivity contribution < 1.29 is 13.2 Å². The number of nitrogens with zero attached hydrogens (tertiary/aromatic N) is 1. The lowest BCUT2D eigenvalue weighted by atomic mass is 10.0. The molecule has 5 nitrogen and oxygen atoms in total. The molecular formula is C28H33ClN2O3S2. The van der Waals surface area contributed by atoms with Crippen molar-refractivity contribution in [3.05, 3.63) is 94.5 Å². The molecule has 0 heterocycles. The van der Waals surface area contributed by atoms with E-state index in [2.05, 4.69) is 19.2 Å². The largest absolute Gasteiger partial charge is 0.354 e. The zero-order valence-electron chi connectivity index (χ0n) is 20.9. The van der Waals surface area contributed by atoms with E-state index >= 15 is 0 Å². The Morgan fingerprint density at radius 2 is 1.67 bits per heavy atom. The lowest BCUT2D eigenvalue weighted by Crippen LogP contribution is -2.41. The molecule has 3 aromatic carbocycles. The average Bonchev–Trinajstić information content (AvgIpc) is 2.86. The zero-order chi connectivity index (χ0) is 26.1. The molecule has 0 unspecified atom stereocenters. The number of carbonyl (C=O) groups is 1. The molecule has 0 saturated carbocycles. The number of halogens is 1. The molecule has 3 aromatic rings. The summed E-state index contributed by atoms with van der Waals surface area (Å²) in [6.45, 7) is 6.24. The number of carbonyl (C=O) groups excluding carboxylic acids is 1. The summed E-state index contributed by atoms with van der Waals surface area (Å²) in [6.07, 6.45) is 0.772. The SMILES string of the molecule is Cc1ccc(S(=O)(=O)N(CC(=O)NCCCSCc2ccccc2Cl)c2ccc(C(C)C)cc2)cc1. The van der Waals surface area contributed by atoms with Crippen LogP contribution in [0.4, 0.5) is 5.69 Å². The molecule has 0 fully saturated rings. The second kappa shape index (κ2) is 13.2. The topological polar surface area (TPSA) is 66.5 Å². The van der Waals surface area contributed by atoms with E-state index in [1.165, 1.54) is 4.31 Å². The molecule has 1 amide bonds. The number of hydrogen-bond acceptors (Lipinski definition) is 4. The highest BCUT2D eigenvalue weighted by Crippen LogP contribution is 2.26. The van der Waals surface area contributed by atoms with Gasteiger partial charge in [-0.05, 0) is 66.5 Å². The predicted octanol–water partition coefficient (Wildman–Crippen LogP) is 6.41. The Kier molecular flexibility index (Phi) is 10.3. The fourth-order valence-electron chi connectivity index (χ4n) is 3.56. The summed E-state index contributed by atoms with van der Waals surface area (Å²) in [6, 6.07) is 21.8. The first-order valence-corrected chi connectivity index (χ1v) is 14.9. The van der Waals surface area contributed by atoms with Gasteiger partial charge < -0.3 is 5.32 Å². The summed E-state index contributed by atoms with van der Waals surface area (Å²) < 4.78 is 28.2. The molecule has 0 aliphatic carbocycles. The van der Waals surface area contributed by atoms with Crippen LogP contribution < -0.4 is 9.62 Å². The van der Waals surface area contributed by atoms with E-state index in [0.29, 0.717) is 18.2 Å². The van der Waals surface area contributed by atoms with Crippen molar-refractivity contribution in [3.63, 3.8) is 0 Å². The van der Waals surface area contributed by atoms with Crippen LogP contribution in [0.25, 0.3) is 0 Å². The molecule has 0 saturated heterocycles. The maximum absolute atomic E-state index is 13.5. The molecule has 0 spiro atoms. The van der Waals surface area contributed by atoms with Crippen LogP contribution in [0.3, 0.4) is 0 Å². The van der Waals surface area contributed by atoms with Crippen LogP contribution in [0.5, 0.6) is 0 Å². The molecule has 0 atom stereocenters. The van der Waals surface area contributed by atoms with Gasteiger partial charge in [0.05, 0.1) is 10.6 Å². The Morgan fingerprint density at radius 3 is 2.31 bits per heavy atom. The van der Waals surface area contributed by atoms with Gasteiger partial charge in [0.25, 0.3) is 10.0 Å². The van der Waals surface area contributed by atoms with Crippen molar-refractivity contribution in [1.29, 1.82) is 0 Å². The van der Waals surface area contributed by atoms with E-state index in [1.807, 2.05) is 43.3 Å². The highest BCUT2D eigenvalue weighted by atomic mass is 35.5. The van der Waals surface area contributed by atoms with Gasteiger partial charge in [0, 0.05) is 17.3 Å². The Balaban J connectivity index is 1.63. The summed E-state index contributed by atoms with van der Waals surface area (Å²) >= 11 is 7.94. The monoisotopic (exact) mass is 544 g/mol. The van der Waals surface area contributed by atoms with Gasteiger partial charge in [0.1, 0.15) is 6.54 Å². The van der Waals surface area contributed by atoms with Gasteiger partial charge in [0.2, 0.25) is 5.91 Å². The summed E-state index contributed by atoms with van der Waals surface area (Å²) in [7, 11) is -3.92. The minimum atomic E-state index is -3.92. The number of rotatable bonds is 12. The number of amides is 1.